The number of hydrogen-bond acceptors (Lipinski definition) is 5. The molecule has 5 rings (SSSR count). The number of H-pyrrole nitrogens is 1. The lowest BCUT2D eigenvalue weighted by molar-refractivity contribution is 0.0960. The molecule has 0 saturated carbocycles. The van der Waals surface area contributed by atoms with Crippen LogP contribution in [0.2, 0.25) is 0 Å². The SMILES string of the molecule is COC1=CC(c2cc3ccccc3n2C(=O)c2ccccc2COP(=O)(O)O)=NC1Cc1[nH]c(C)cc1C. The zero-order chi connectivity index (χ0) is 27.0. The Labute approximate surface area is 219 Å². The molecule has 1 unspecified atom stereocenters. The third-order valence-corrected chi connectivity index (χ3v) is 7.07. The summed E-state index contributed by atoms with van der Waals surface area (Å²) in [7, 11) is -3.10. The summed E-state index contributed by atoms with van der Waals surface area (Å²) < 4.78 is 23.3. The van der Waals surface area contributed by atoms with Gasteiger partial charge in [0.15, 0.2) is 0 Å². The zero-order valence-corrected chi connectivity index (χ0v) is 22.1. The number of benzene rings is 2. The highest BCUT2D eigenvalue weighted by Gasteiger charge is 2.28. The standard InChI is InChI=1S/C28H28N3O6P/c1-17-12-18(2)29-22(17)14-24-27(36-3)15-23(30-24)26-13-19-8-5-7-11-25(19)31(26)28(32)21-10-6-4-9-20(21)16-37-38(33,34)35/h4-13,15,24,29H,14,16H2,1-3H3,(H2,33,34,35). The average Bonchev–Trinajstić information content (AvgIpc) is 3.56. The van der Waals surface area contributed by atoms with Gasteiger partial charge in [-0.15, -0.1) is 0 Å². The van der Waals surface area contributed by atoms with Gasteiger partial charge in [-0.1, -0.05) is 36.4 Å². The average molecular weight is 534 g/mol. The summed E-state index contributed by atoms with van der Waals surface area (Å²) in [6.07, 6.45) is 2.48. The van der Waals surface area contributed by atoms with E-state index < -0.39 is 14.4 Å². The highest BCUT2D eigenvalue weighted by atomic mass is 31.2. The van der Waals surface area contributed by atoms with E-state index in [2.05, 4.69) is 18.0 Å². The number of phosphoric ester groups is 1. The summed E-state index contributed by atoms with van der Waals surface area (Å²) in [5, 5.41) is 0.856. The van der Waals surface area contributed by atoms with Gasteiger partial charge < -0.3 is 19.5 Å². The van der Waals surface area contributed by atoms with E-state index in [1.54, 1.807) is 35.9 Å². The van der Waals surface area contributed by atoms with E-state index in [4.69, 9.17) is 14.3 Å². The lowest BCUT2D eigenvalue weighted by Gasteiger charge is -2.13. The number of aromatic amines is 1. The van der Waals surface area contributed by atoms with Gasteiger partial charge in [0.2, 0.25) is 0 Å². The third kappa shape index (κ3) is 5.14. The molecule has 38 heavy (non-hydrogen) atoms. The number of rotatable bonds is 8. The van der Waals surface area contributed by atoms with Gasteiger partial charge in [0.05, 0.1) is 30.6 Å². The molecule has 0 fully saturated rings. The van der Waals surface area contributed by atoms with Crippen molar-refractivity contribution in [2.45, 2.75) is 32.9 Å². The van der Waals surface area contributed by atoms with Crippen molar-refractivity contribution >= 4 is 30.3 Å². The molecule has 0 aliphatic carbocycles. The number of ether oxygens (including phenoxy) is 1. The monoisotopic (exact) mass is 533 g/mol. The Morgan fingerprint density at radius 3 is 2.55 bits per heavy atom. The van der Waals surface area contributed by atoms with Crippen LogP contribution in [0.15, 0.2) is 77.5 Å². The van der Waals surface area contributed by atoms with Crippen LogP contribution in [0, 0.1) is 13.8 Å². The van der Waals surface area contributed by atoms with Crippen molar-refractivity contribution in [3.8, 4) is 0 Å². The smallest absolute Gasteiger partial charge is 0.469 e. The van der Waals surface area contributed by atoms with E-state index in [1.807, 2.05) is 43.3 Å². The van der Waals surface area contributed by atoms with Crippen molar-refractivity contribution in [2.75, 3.05) is 7.11 Å². The number of hydrogen-bond donors (Lipinski definition) is 3. The first-order valence-electron chi connectivity index (χ1n) is 12.1. The van der Waals surface area contributed by atoms with Gasteiger partial charge >= 0.3 is 7.82 Å². The van der Waals surface area contributed by atoms with E-state index in [-0.39, 0.29) is 17.5 Å². The summed E-state index contributed by atoms with van der Waals surface area (Å²) in [4.78, 5) is 40.7. The fraction of sp³-hybridized carbons (Fsp3) is 0.214. The maximum Gasteiger partial charge on any atom is 0.469 e. The number of aliphatic imine (C=N–C) groups is 1. The normalized spacial score (nSPS) is 15.6. The highest BCUT2D eigenvalue weighted by molar-refractivity contribution is 7.46. The summed E-state index contributed by atoms with van der Waals surface area (Å²) >= 11 is 0. The minimum absolute atomic E-state index is 0.253. The van der Waals surface area contributed by atoms with Crippen LogP contribution in [0.4, 0.5) is 0 Å². The number of para-hydroxylation sites is 1. The quantitative estimate of drug-likeness (QED) is 0.279. The van der Waals surface area contributed by atoms with Gasteiger partial charge in [0, 0.05) is 34.8 Å². The number of allylic oxidation sites excluding steroid dienone is 1. The summed E-state index contributed by atoms with van der Waals surface area (Å²) in [6, 6.07) is 17.9. The van der Waals surface area contributed by atoms with Crippen molar-refractivity contribution in [3.05, 3.63) is 106 Å². The molecule has 2 aromatic carbocycles. The Hall–Kier alpha value is -3.75. The lowest BCUT2D eigenvalue weighted by Crippen LogP contribution is -2.19. The fourth-order valence-electron chi connectivity index (χ4n) is 4.86. The van der Waals surface area contributed by atoms with Crippen molar-refractivity contribution in [2.24, 2.45) is 4.99 Å². The molecule has 0 bridgehead atoms. The molecule has 1 aliphatic rings. The number of aromatic nitrogens is 2. The molecule has 3 N–H and O–H groups in total. The van der Waals surface area contributed by atoms with Crippen LogP contribution in [0.3, 0.4) is 0 Å². The van der Waals surface area contributed by atoms with Gasteiger partial charge in [-0.3, -0.25) is 18.9 Å². The predicted molar refractivity (Wildman–Crippen MR) is 144 cm³/mol. The van der Waals surface area contributed by atoms with Gasteiger partial charge in [0.25, 0.3) is 5.91 Å². The third-order valence-electron chi connectivity index (χ3n) is 6.60. The maximum absolute atomic E-state index is 14.0. The summed E-state index contributed by atoms with van der Waals surface area (Å²) in [5.74, 6) is 0.340. The molecule has 2 aromatic heterocycles. The first-order chi connectivity index (χ1) is 18.1. The van der Waals surface area contributed by atoms with Gasteiger partial charge in [-0.2, -0.15) is 0 Å². The maximum atomic E-state index is 14.0. The molecule has 9 nitrogen and oxygen atoms in total. The van der Waals surface area contributed by atoms with Crippen molar-refractivity contribution < 1.29 is 28.4 Å². The zero-order valence-electron chi connectivity index (χ0n) is 21.2. The molecule has 1 atom stereocenters. The van der Waals surface area contributed by atoms with E-state index >= 15 is 0 Å². The van der Waals surface area contributed by atoms with Crippen LogP contribution in [-0.2, 0) is 26.9 Å². The first-order valence-corrected chi connectivity index (χ1v) is 13.6. The predicted octanol–water partition coefficient (Wildman–Crippen LogP) is 4.83. The summed E-state index contributed by atoms with van der Waals surface area (Å²) in [5.41, 5.74) is 5.84. The van der Waals surface area contributed by atoms with Crippen molar-refractivity contribution in [1.29, 1.82) is 0 Å². The second-order valence-electron chi connectivity index (χ2n) is 9.25. The van der Waals surface area contributed by atoms with E-state index in [0.29, 0.717) is 34.7 Å². The van der Waals surface area contributed by atoms with Crippen LogP contribution in [0.25, 0.3) is 10.9 Å². The molecule has 1 aliphatic heterocycles. The van der Waals surface area contributed by atoms with E-state index in [0.717, 1.165) is 22.3 Å². The Kier molecular flexibility index (Phi) is 6.94. The number of nitrogens with one attached hydrogen (secondary N) is 1. The minimum atomic E-state index is -4.72. The van der Waals surface area contributed by atoms with E-state index in [1.165, 1.54) is 0 Å². The van der Waals surface area contributed by atoms with Crippen LogP contribution < -0.4 is 0 Å². The largest absolute Gasteiger partial charge is 0.499 e. The fourth-order valence-corrected chi connectivity index (χ4v) is 5.17. The molecule has 0 spiro atoms. The van der Waals surface area contributed by atoms with Crippen LogP contribution in [0.1, 0.15) is 38.6 Å². The lowest BCUT2D eigenvalue weighted by atomic mass is 10.1. The molecule has 0 saturated heterocycles. The molecular formula is C28H28N3O6P. The number of methoxy groups -OCH3 is 1. The molecule has 0 radical (unpaired) electrons. The number of carbonyl (C=O) groups is 1. The van der Waals surface area contributed by atoms with Crippen molar-refractivity contribution in [1.82, 2.24) is 9.55 Å². The van der Waals surface area contributed by atoms with E-state index in [9.17, 15) is 19.1 Å². The minimum Gasteiger partial charge on any atom is -0.499 e. The van der Waals surface area contributed by atoms with Crippen LogP contribution in [0.5, 0.6) is 0 Å². The van der Waals surface area contributed by atoms with Crippen LogP contribution >= 0.6 is 7.82 Å². The molecule has 196 valence electrons. The van der Waals surface area contributed by atoms with Gasteiger partial charge in [0.1, 0.15) is 11.8 Å². The topological polar surface area (TPSA) is 126 Å². The number of aryl methyl sites for hydroxylation is 2. The van der Waals surface area contributed by atoms with Gasteiger partial charge in [-0.05, 0) is 49.2 Å². The Morgan fingerprint density at radius 1 is 1.11 bits per heavy atom. The summed E-state index contributed by atoms with van der Waals surface area (Å²) in [6.45, 7) is 3.66. The number of nitrogens with zero attached hydrogens (tertiary/aromatic N) is 2. The Balaban J connectivity index is 1.58. The first kappa shape index (κ1) is 25.9. The second-order valence-corrected chi connectivity index (χ2v) is 10.5. The second kappa shape index (κ2) is 10.2. The number of fused-ring (bicyclic) bond motifs is 1. The Bertz CT molecular complexity index is 1640. The van der Waals surface area contributed by atoms with Crippen molar-refractivity contribution in [3.63, 3.8) is 0 Å². The Morgan fingerprint density at radius 2 is 1.84 bits per heavy atom. The highest BCUT2D eigenvalue weighted by Crippen LogP contribution is 2.37. The number of carbonyl (C=O) groups excluding carboxylic acids is 1. The number of phosphoric acid groups is 1. The molecule has 4 aromatic rings. The van der Waals surface area contributed by atoms with Crippen LogP contribution in [-0.4, -0.2) is 44.1 Å². The van der Waals surface area contributed by atoms with Gasteiger partial charge in [-0.25, -0.2) is 4.57 Å². The molecule has 10 heteroatoms. The molecule has 0 amide bonds. The molecule has 3 heterocycles. The molecular weight excluding hydrogens is 505 g/mol.